The number of halogens is 1. The maximum atomic E-state index is 12.3. The second-order valence-corrected chi connectivity index (χ2v) is 7.18. The van der Waals surface area contributed by atoms with Crippen molar-refractivity contribution in [1.29, 1.82) is 0 Å². The average Bonchev–Trinajstić information content (AvgIpc) is 3.10. The highest BCUT2D eigenvalue weighted by atomic mass is 79.9. The third-order valence-electron chi connectivity index (χ3n) is 4.32. The summed E-state index contributed by atoms with van der Waals surface area (Å²) in [5.41, 5.74) is 1.29. The van der Waals surface area contributed by atoms with Gasteiger partial charge in [-0.1, -0.05) is 15.9 Å². The van der Waals surface area contributed by atoms with Gasteiger partial charge in [-0.05, 0) is 48.5 Å². The summed E-state index contributed by atoms with van der Waals surface area (Å²) < 4.78 is 11.1. The minimum atomic E-state index is -0.602. The van der Waals surface area contributed by atoms with Crippen LogP contribution in [0.5, 0.6) is 5.75 Å². The highest BCUT2D eigenvalue weighted by molar-refractivity contribution is 9.10. The van der Waals surface area contributed by atoms with E-state index in [1.54, 1.807) is 55.6 Å². The Bertz CT molecular complexity index is 867. The number of amides is 2. The molecule has 1 heterocycles. The van der Waals surface area contributed by atoms with Crippen LogP contribution in [0.4, 0.5) is 11.4 Å². The molecule has 1 N–H and O–H groups in total. The average molecular weight is 447 g/mol. The smallest absolute Gasteiger partial charge is 0.311 e. The van der Waals surface area contributed by atoms with Crippen LogP contribution in [0.1, 0.15) is 6.42 Å². The highest BCUT2D eigenvalue weighted by Crippen LogP contribution is 2.27. The monoisotopic (exact) mass is 446 g/mol. The molecule has 0 bridgehead atoms. The SMILES string of the molecule is COc1ccc(N2C[C@H](C(=O)OCC(=O)Nc3ccc(Br)cc3)CC2=O)cc1. The van der Waals surface area contributed by atoms with Crippen molar-refractivity contribution < 1.29 is 23.9 Å². The fourth-order valence-corrected chi connectivity index (χ4v) is 3.13. The van der Waals surface area contributed by atoms with Crippen molar-refractivity contribution in [3.8, 4) is 5.75 Å². The van der Waals surface area contributed by atoms with Crippen LogP contribution in [0, 0.1) is 5.92 Å². The molecule has 1 saturated heterocycles. The van der Waals surface area contributed by atoms with Gasteiger partial charge in [0.1, 0.15) is 5.75 Å². The summed E-state index contributed by atoms with van der Waals surface area (Å²) in [6, 6.07) is 14.1. The number of anilines is 2. The molecule has 28 heavy (non-hydrogen) atoms. The molecule has 7 nitrogen and oxygen atoms in total. The van der Waals surface area contributed by atoms with E-state index in [0.717, 1.165) is 4.47 Å². The van der Waals surface area contributed by atoms with Crippen LogP contribution < -0.4 is 15.0 Å². The Hall–Kier alpha value is -2.87. The molecule has 3 rings (SSSR count). The first-order chi connectivity index (χ1) is 13.5. The number of hydrogen-bond donors (Lipinski definition) is 1. The van der Waals surface area contributed by atoms with E-state index in [2.05, 4.69) is 21.2 Å². The van der Waals surface area contributed by atoms with Crippen LogP contribution in [-0.2, 0) is 19.1 Å². The van der Waals surface area contributed by atoms with Gasteiger partial charge >= 0.3 is 5.97 Å². The van der Waals surface area contributed by atoms with Gasteiger partial charge in [-0.15, -0.1) is 0 Å². The van der Waals surface area contributed by atoms with Crippen LogP contribution in [0.2, 0.25) is 0 Å². The summed E-state index contributed by atoms with van der Waals surface area (Å²) >= 11 is 3.31. The molecule has 0 spiro atoms. The highest BCUT2D eigenvalue weighted by Gasteiger charge is 2.36. The number of carbonyl (C=O) groups is 3. The molecule has 2 aromatic rings. The zero-order valence-electron chi connectivity index (χ0n) is 15.2. The lowest BCUT2D eigenvalue weighted by Gasteiger charge is -2.16. The lowest BCUT2D eigenvalue weighted by molar-refractivity contribution is -0.151. The molecule has 1 aliphatic heterocycles. The summed E-state index contributed by atoms with van der Waals surface area (Å²) in [4.78, 5) is 38.0. The predicted octanol–water partition coefficient (Wildman–Crippen LogP) is 2.99. The Morgan fingerprint density at radius 2 is 1.82 bits per heavy atom. The molecule has 0 radical (unpaired) electrons. The van der Waals surface area contributed by atoms with Gasteiger partial charge in [0, 0.05) is 28.8 Å². The second-order valence-electron chi connectivity index (χ2n) is 6.27. The van der Waals surface area contributed by atoms with Crippen molar-refractivity contribution in [3.05, 3.63) is 53.0 Å². The van der Waals surface area contributed by atoms with Gasteiger partial charge in [0.2, 0.25) is 5.91 Å². The molecule has 2 aromatic carbocycles. The van der Waals surface area contributed by atoms with Gasteiger partial charge in [-0.25, -0.2) is 0 Å². The molecule has 1 atom stereocenters. The van der Waals surface area contributed by atoms with E-state index in [-0.39, 0.29) is 18.9 Å². The molecular formula is C20H19BrN2O5. The number of benzene rings is 2. The van der Waals surface area contributed by atoms with E-state index >= 15 is 0 Å². The Morgan fingerprint density at radius 3 is 2.46 bits per heavy atom. The first-order valence-electron chi connectivity index (χ1n) is 8.62. The largest absolute Gasteiger partial charge is 0.497 e. The molecule has 146 valence electrons. The topological polar surface area (TPSA) is 84.9 Å². The molecule has 1 aliphatic rings. The normalized spacial score (nSPS) is 16.0. The van der Waals surface area contributed by atoms with Gasteiger partial charge in [0.25, 0.3) is 5.91 Å². The lowest BCUT2D eigenvalue weighted by atomic mass is 10.1. The summed E-state index contributed by atoms with van der Waals surface area (Å²) in [5.74, 6) is -1.08. The summed E-state index contributed by atoms with van der Waals surface area (Å²) in [5, 5.41) is 2.64. The Labute approximate surface area is 170 Å². The molecular weight excluding hydrogens is 428 g/mol. The summed E-state index contributed by atoms with van der Waals surface area (Å²) in [6.07, 6.45) is 0.0548. The van der Waals surface area contributed by atoms with E-state index in [4.69, 9.17) is 9.47 Å². The predicted molar refractivity (Wildman–Crippen MR) is 107 cm³/mol. The van der Waals surface area contributed by atoms with Gasteiger partial charge in [0.15, 0.2) is 6.61 Å². The van der Waals surface area contributed by atoms with Crippen molar-refractivity contribution in [3.63, 3.8) is 0 Å². The number of nitrogens with one attached hydrogen (secondary N) is 1. The van der Waals surface area contributed by atoms with Gasteiger partial charge in [0.05, 0.1) is 13.0 Å². The lowest BCUT2D eigenvalue weighted by Crippen LogP contribution is -2.28. The van der Waals surface area contributed by atoms with Crippen molar-refractivity contribution >= 4 is 45.1 Å². The molecule has 0 unspecified atom stereocenters. The second kappa shape index (κ2) is 8.88. The molecule has 1 fully saturated rings. The van der Waals surface area contributed by atoms with E-state index < -0.39 is 24.4 Å². The Balaban J connectivity index is 1.51. The number of ether oxygens (including phenoxy) is 2. The third kappa shape index (κ3) is 4.89. The summed E-state index contributed by atoms with van der Waals surface area (Å²) in [7, 11) is 1.56. The number of esters is 1. The Kier molecular flexibility index (Phi) is 6.30. The third-order valence-corrected chi connectivity index (χ3v) is 4.84. The first-order valence-corrected chi connectivity index (χ1v) is 9.42. The number of rotatable bonds is 6. The van der Waals surface area contributed by atoms with Crippen LogP contribution in [0.25, 0.3) is 0 Å². The summed E-state index contributed by atoms with van der Waals surface area (Å²) in [6.45, 7) is -0.180. The number of nitrogens with zero attached hydrogens (tertiary/aromatic N) is 1. The quantitative estimate of drug-likeness (QED) is 0.689. The fourth-order valence-electron chi connectivity index (χ4n) is 2.86. The first kappa shape index (κ1) is 19.9. The van der Waals surface area contributed by atoms with Crippen LogP contribution in [0.3, 0.4) is 0 Å². The number of hydrogen-bond acceptors (Lipinski definition) is 5. The van der Waals surface area contributed by atoms with Gasteiger partial charge < -0.3 is 19.7 Å². The number of methoxy groups -OCH3 is 1. The van der Waals surface area contributed by atoms with E-state index in [9.17, 15) is 14.4 Å². The van der Waals surface area contributed by atoms with Crippen molar-refractivity contribution in [2.75, 3.05) is 30.5 Å². The fraction of sp³-hybridized carbons (Fsp3) is 0.250. The van der Waals surface area contributed by atoms with Gasteiger partial charge in [-0.3, -0.25) is 14.4 Å². The molecule has 0 saturated carbocycles. The number of carbonyl (C=O) groups excluding carboxylic acids is 3. The minimum absolute atomic E-state index is 0.0548. The van der Waals surface area contributed by atoms with Crippen molar-refractivity contribution in [2.45, 2.75) is 6.42 Å². The van der Waals surface area contributed by atoms with E-state index in [0.29, 0.717) is 17.1 Å². The molecule has 0 aliphatic carbocycles. The van der Waals surface area contributed by atoms with Crippen LogP contribution in [-0.4, -0.2) is 38.0 Å². The zero-order chi connectivity index (χ0) is 20.1. The van der Waals surface area contributed by atoms with Crippen LogP contribution in [0.15, 0.2) is 53.0 Å². The van der Waals surface area contributed by atoms with Crippen molar-refractivity contribution in [1.82, 2.24) is 0 Å². The molecule has 2 amide bonds. The maximum absolute atomic E-state index is 12.3. The zero-order valence-corrected chi connectivity index (χ0v) is 16.8. The minimum Gasteiger partial charge on any atom is -0.497 e. The van der Waals surface area contributed by atoms with E-state index in [1.165, 1.54) is 4.90 Å². The Morgan fingerprint density at radius 1 is 1.14 bits per heavy atom. The maximum Gasteiger partial charge on any atom is 0.311 e. The van der Waals surface area contributed by atoms with Crippen molar-refractivity contribution in [2.24, 2.45) is 5.92 Å². The van der Waals surface area contributed by atoms with Crippen LogP contribution >= 0.6 is 15.9 Å². The standard InChI is InChI=1S/C20H19BrN2O5/c1-27-17-8-6-16(7-9-17)23-11-13(10-19(23)25)20(26)28-12-18(24)22-15-4-2-14(21)3-5-15/h2-9,13H,10-12H2,1H3,(H,22,24)/t13-/m1/s1. The molecule has 8 heteroatoms. The van der Waals surface area contributed by atoms with E-state index in [1.807, 2.05) is 0 Å². The molecule has 0 aromatic heterocycles. The van der Waals surface area contributed by atoms with Gasteiger partial charge in [-0.2, -0.15) is 0 Å².